The van der Waals surface area contributed by atoms with Crippen LogP contribution in [-0.4, -0.2) is 19.2 Å². The molecule has 1 rings (SSSR count). The van der Waals surface area contributed by atoms with Crippen molar-refractivity contribution in [3.8, 4) is 0 Å². The zero-order chi connectivity index (χ0) is 10.1. The van der Waals surface area contributed by atoms with Gasteiger partial charge in [0.05, 0.1) is 5.75 Å². The Labute approximate surface area is 82.5 Å². The molecular formula is C8H12ClNO2S. The molecule has 74 valence electrons. The van der Waals surface area contributed by atoms with E-state index >= 15 is 0 Å². The van der Waals surface area contributed by atoms with Crippen LogP contribution in [-0.2, 0) is 14.5 Å². The molecule has 3 nitrogen and oxygen atoms in total. The number of rotatable bonds is 3. The molecule has 0 saturated carbocycles. The van der Waals surface area contributed by atoms with Gasteiger partial charge in [-0.25, -0.2) is 8.42 Å². The summed E-state index contributed by atoms with van der Waals surface area (Å²) < 4.78 is 21.8. The van der Waals surface area contributed by atoms with Crippen molar-refractivity contribution in [3.63, 3.8) is 0 Å². The summed E-state index contributed by atoms with van der Waals surface area (Å²) in [5.74, 6) is -0.0674. The van der Waals surface area contributed by atoms with Crippen molar-refractivity contribution in [1.82, 2.24) is 4.98 Å². The topological polar surface area (TPSA) is 49.9 Å². The molecule has 0 amide bonds. The van der Waals surface area contributed by atoms with Gasteiger partial charge in [-0.15, -0.1) is 0 Å². The Morgan fingerprint density at radius 3 is 2.54 bits per heavy atom. The third kappa shape index (κ3) is 3.04. The van der Waals surface area contributed by atoms with Gasteiger partial charge in [-0.2, -0.15) is 0 Å². The van der Waals surface area contributed by atoms with Crippen LogP contribution in [0.15, 0.2) is 18.3 Å². The molecule has 0 aliphatic heterocycles. The van der Waals surface area contributed by atoms with E-state index in [1.807, 2.05) is 26.0 Å². The van der Waals surface area contributed by atoms with Crippen molar-refractivity contribution in [2.75, 3.05) is 5.75 Å². The highest BCUT2D eigenvalue weighted by Crippen LogP contribution is 2.24. The van der Waals surface area contributed by atoms with E-state index in [0.29, 0.717) is 0 Å². The quantitative estimate of drug-likeness (QED) is 0.793. The second kappa shape index (κ2) is 3.35. The number of aromatic amines is 1. The number of nitrogens with one attached hydrogen (secondary N) is 1. The van der Waals surface area contributed by atoms with Gasteiger partial charge in [0.1, 0.15) is 0 Å². The van der Waals surface area contributed by atoms with E-state index in [4.69, 9.17) is 10.7 Å². The fourth-order valence-corrected chi connectivity index (χ4v) is 3.10. The average molecular weight is 222 g/mol. The summed E-state index contributed by atoms with van der Waals surface area (Å²) in [5, 5.41) is 0. The summed E-state index contributed by atoms with van der Waals surface area (Å²) >= 11 is 0. The largest absolute Gasteiger partial charge is 0.365 e. The van der Waals surface area contributed by atoms with E-state index < -0.39 is 14.5 Å². The Morgan fingerprint density at radius 2 is 2.15 bits per heavy atom. The van der Waals surface area contributed by atoms with Crippen molar-refractivity contribution < 1.29 is 8.42 Å². The van der Waals surface area contributed by atoms with E-state index in [-0.39, 0.29) is 5.75 Å². The lowest BCUT2D eigenvalue weighted by atomic mass is 9.92. The Balaban J connectivity index is 2.91. The summed E-state index contributed by atoms with van der Waals surface area (Å²) in [6.45, 7) is 3.66. The first-order valence-corrected chi connectivity index (χ1v) is 6.35. The van der Waals surface area contributed by atoms with Gasteiger partial charge in [0.15, 0.2) is 0 Å². The number of hydrogen-bond acceptors (Lipinski definition) is 2. The summed E-state index contributed by atoms with van der Waals surface area (Å²) in [6, 6.07) is 3.68. The minimum atomic E-state index is -3.46. The highest BCUT2D eigenvalue weighted by molar-refractivity contribution is 8.13. The van der Waals surface area contributed by atoms with E-state index in [0.717, 1.165) is 5.69 Å². The molecule has 1 aromatic heterocycles. The summed E-state index contributed by atoms with van der Waals surface area (Å²) in [7, 11) is 1.74. The first kappa shape index (κ1) is 10.6. The van der Waals surface area contributed by atoms with Crippen LogP contribution in [0.1, 0.15) is 19.5 Å². The van der Waals surface area contributed by atoms with Gasteiger partial charge in [0.25, 0.3) is 0 Å². The monoisotopic (exact) mass is 221 g/mol. The maximum Gasteiger partial charge on any atom is 0.233 e. The Kier molecular flexibility index (Phi) is 2.73. The fourth-order valence-electron chi connectivity index (χ4n) is 1.26. The molecule has 0 radical (unpaired) electrons. The molecular weight excluding hydrogens is 210 g/mol. The van der Waals surface area contributed by atoms with Gasteiger partial charge in [0.2, 0.25) is 9.05 Å². The first-order chi connectivity index (χ1) is 5.81. The minimum Gasteiger partial charge on any atom is -0.365 e. The smallest absolute Gasteiger partial charge is 0.233 e. The molecule has 1 N–H and O–H groups in total. The van der Waals surface area contributed by atoms with Gasteiger partial charge < -0.3 is 4.98 Å². The second-order valence-corrected chi connectivity index (χ2v) is 6.43. The van der Waals surface area contributed by atoms with Crippen LogP contribution in [0.4, 0.5) is 0 Å². The molecule has 1 heterocycles. The Hall–Kier alpha value is -0.480. The predicted molar refractivity (Wildman–Crippen MR) is 53.5 cm³/mol. The Bertz CT molecular complexity index is 367. The SMILES string of the molecule is CC(C)(CS(=O)(=O)Cl)c1ccc[nH]1. The molecule has 0 aromatic carbocycles. The molecule has 0 aliphatic carbocycles. The van der Waals surface area contributed by atoms with Crippen LogP contribution in [0, 0.1) is 0 Å². The highest BCUT2D eigenvalue weighted by Gasteiger charge is 2.27. The Morgan fingerprint density at radius 1 is 1.54 bits per heavy atom. The van der Waals surface area contributed by atoms with E-state index in [1.165, 1.54) is 0 Å². The third-order valence-corrected chi connectivity index (χ3v) is 3.25. The van der Waals surface area contributed by atoms with Crippen LogP contribution in [0.25, 0.3) is 0 Å². The summed E-state index contributed by atoms with van der Waals surface area (Å²) in [4.78, 5) is 2.98. The number of aromatic nitrogens is 1. The molecule has 0 unspecified atom stereocenters. The van der Waals surface area contributed by atoms with Gasteiger partial charge >= 0.3 is 0 Å². The van der Waals surface area contributed by atoms with Crippen LogP contribution in [0.5, 0.6) is 0 Å². The van der Waals surface area contributed by atoms with Crippen molar-refractivity contribution in [3.05, 3.63) is 24.0 Å². The fraction of sp³-hybridized carbons (Fsp3) is 0.500. The molecule has 5 heteroatoms. The summed E-state index contributed by atoms with van der Waals surface area (Å²) in [5.41, 5.74) is 0.404. The molecule has 0 bridgehead atoms. The first-order valence-electron chi connectivity index (χ1n) is 3.87. The van der Waals surface area contributed by atoms with Gasteiger partial charge in [0, 0.05) is 28.0 Å². The minimum absolute atomic E-state index is 0.0674. The lowest BCUT2D eigenvalue weighted by Gasteiger charge is -2.21. The molecule has 13 heavy (non-hydrogen) atoms. The average Bonchev–Trinajstić information content (AvgIpc) is 2.29. The van der Waals surface area contributed by atoms with Crippen molar-refractivity contribution in [2.24, 2.45) is 0 Å². The van der Waals surface area contributed by atoms with Crippen LogP contribution in [0.3, 0.4) is 0 Å². The van der Waals surface area contributed by atoms with Crippen molar-refractivity contribution in [2.45, 2.75) is 19.3 Å². The number of H-pyrrole nitrogens is 1. The third-order valence-electron chi connectivity index (χ3n) is 1.86. The van der Waals surface area contributed by atoms with Crippen LogP contribution >= 0.6 is 10.7 Å². The van der Waals surface area contributed by atoms with E-state index in [1.54, 1.807) is 6.20 Å². The maximum absolute atomic E-state index is 10.9. The number of halogens is 1. The molecule has 1 aromatic rings. The van der Waals surface area contributed by atoms with E-state index in [2.05, 4.69) is 4.98 Å². The number of hydrogen-bond donors (Lipinski definition) is 1. The van der Waals surface area contributed by atoms with Crippen molar-refractivity contribution >= 4 is 19.7 Å². The second-order valence-electron chi connectivity index (χ2n) is 3.65. The lowest BCUT2D eigenvalue weighted by molar-refractivity contribution is 0.548. The maximum atomic E-state index is 10.9. The molecule has 0 atom stereocenters. The summed E-state index contributed by atoms with van der Waals surface area (Å²) in [6.07, 6.45) is 1.76. The molecule has 0 saturated heterocycles. The standard InChI is InChI=1S/C8H12ClNO2S/c1-8(2,6-13(9,11)12)7-4-3-5-10-7/h3-5,10H,6H2,1-2H3. The van der Waals surface area contributed by atoms with Crippen LogP contribution < -0.4 is 0 Å². The molecule has 0 aliphatic rings. The predicted octanol–water partition coefficient (Wildman–Crippen LogP) is 1.86. The lowest BCUT2D eigenvalue weighted by Crippen LogP contribution is -2.26. The zero-order valence-electron chi connectivity index (χ0n) is 7.54. The molecule has 0 fully saturated rings. The highest BCUT2D eigenvalue weighted by atomic mass is 35.7. The van der Waals surface area contributed by atoms with E-state index in [9.17, 15) is 8.42 Å². The zero-order valence-corrected chi connectivity index (χ0v) is 9.11. The van der Waals surface area contributed by atoms with Crippen LogP contribution in [0.2, 0.25) is 0 Å². The van der Waals surface area contributed by atoms with Gasteiger partial charge in [-0.1, -0.05) is 13.8 Å². The van der Waals surface area contributed by atoms with Gasteiger partial charge in [-0.05, 0) is 12.1 Å². The normalized spacial score (nSPS) is 13.2. The molecule has 0 spiro atoms. The van der Waals surface area contributed by atoms with Crippen molar-refractivity contribution in [1.29, 1.82) is 0 Å². The van der Waals surface area contributed by atoms with Gasteiger partial charge in [-0.3, -0.25) is 0 Å².